The number of halogens is 1. The van der Waals surface area contributed by atoms with Gasteiger partial charge in [0.2, 0.25) is 0 Å². The first-order chi connectivity index (χ1) is 15.8. The number of nitrogens with zero attached hydrogens (tertiary/aromatic N) is 2. The molecule has 1 saturated heterocycles. The van der Waals surface area contributed by atoms with Gasteiger partial charge in [-0.2, -0.15) is 0 Å². The van der Waals surface area contributed by atoms with Crippen LogP contribution in [-0.4, -0.2) is 52.2 Å². The zero-order valence-electron chi connectivity index (χ0n) is 18.4. The first-order valence-electron chi connectivity index (χ1n) is 11.4. The van der Waals surface area contributed by atoms with Gasteiger partial charge in [0.05, 0.1) is 11.6 Å². The van der Waals surface area contributed by atoms with Gasteiger partial charge >= 0.3 is 6.03 Å². The molecule has 2 atom stereocenters. The minimum atomic E-state index is -0.794. The number of aliphatic hydroxyl groups excluding tert-OH is 1. The van der Waals surface area contributed by atoms with E-state index in [0.29, 0.717) is 29.4 Å². The Labute approximate surface area is 197 Å². The highest BCUT2D eigenvalue weighted by Crippen LogP contribution is 2.64. The monoisotopic (exact) mass is 467 g/mol. The summed E-state index contributed by atoms with van der Waals surface area (Å²) in [6, 6.07) is 13.1. The Bertz CT molecular complexity index is 1130. The Kier molecular flexibility index (Phi) is 4.48. The van der Waals surface area contributed by atoms with E-state index in [0.717, 1.165) is 24.9 Å². The number of rotatable bonds is 4. The molecule has 3 aliphatic carbocycles. The summed E-state index contributed by atoms with van der Waals surface area (Å²) in [7, 11) is 0. The summed E-state index contributed by atoms with van der Waals surface area (Å²) in [4.78, 5) is 29.9. The summed E-state index contributed by atoms with van der Waals surface area (Å²) < 4.78 is 5.86. The molecule has 0 spiro atoms. The Balaban J connectivity index is 1.08. The van der Waals surface area contributed by atoms with Gasteiger partial charge in [-0.15, -0.1) is 0 Å². The van der Waals surface area contributed by atoms with Crippen molar-refractivity contribution in [1.29, 1.82) is 0 Å². The first kappa shape index (κ1) is 20.8. The zero-order valence-corrected chi connectivity index (χ0v) is 19.1. The average Bonchev–Trinajstić information content (AvgIpc) is 3.11. The lowest BCUT2D eigenvalue weighted by atomic mass is 9.43. The van der Waals surface area contributed by atoms with Crippen molar-refractivity contribution in [3.05, 3.63) is 58.6 Å². The van der Waals surface area contributed by atoms with Crippen LogP contribution >= 0.6 is 11.6 Å². The molecule has 2 N–H and O–H groups in total. The van der Waals surface area contributed by atoms with Crippen molar-refractivity contribution in [2.24, 2.45) is 0 Å². The second kappa shape index (κ2) is 7.11. The highest BCUT2D eigenvalue weighted by atomic mass is 35.5. The van der Waals surface area contributed by atoms with Gasteiger partial charge in [0.25, 0.3) is 5.91 Å². The van der Waals surface area contributed by atoms with E-state index in [1.54, 1.807) is 18.2 Å². The van der Waals surface area contributed by atoms with E-state index in [2.05, 4.69) is 5.32 Å². The van der Waals surface area contributed by atoms with Crippen LogP contribution in [0.4, 0.5) is 10.5 Å². The third kappa shape index (κ3) is 3.21. The van der Waals surface area contributed by atoms with Crippen molar-refractivity contribution in [3.8, 4) is 5.75 Å². The maximum atomic E-state index is 13.1. The fourth-order valence-electron chi connectivity index (χ4n) is 6.02. The number of carbonyl (C=O) groups is 2. The molecule has 0 aromatic heterocycles. The number of amides is 3. The van der Waals surface area contributed by atoms with Crippen molar-refractivity contribution < 1.29 is 19.4 Å². The van der Waals surface area contributed by atoms with Crippen molar-refractivity contribution >= 4 is 29.2 Å². The minimum absolute atomic E-state index is 0.0486. The third-order valence-corrected chi connectivity index (χ3v) is 7.88. The highest BCUT2D eigenvalue weighted by Gasteiger charge is 2.72. The van der Waals surface area contributed by atoms with Crippen LogP contribution in [0, 0.1) is 6.92 Å². The fraction of sp³-hybridized carbons (Fsp3) is 0.440. The van der Waals surface area contributed by atoms with Crippen LogP contribution in [0.1, 0.15) is 42.9 Å². The van der Waals surface area contributed by atoms with Crippen LogP contribution in [-0.2, 0) is 4.79 Å². The van der Waals surface area contributed by atoms with Gasteiger partial charge in [-0.25, -0.2) is 4.79 Å². The number of hydrogen-bond acceptors (Lipinski definition) is 4. The van der Waals surface area contributed by atoms with Gasteiger partial charge < -0.3 is 20.1 Å². The van der Waals surface area contributed by atoms with Crippen molar-refractivity contribution in [1.82, 2.24) is 10.2 Å². The minimum Gasteiger partial charge on any atom is -0.480 e. The number of aryl methyl sites for hydroxylation is 1. The lowest BCUT2D eigenvalue weighted by molar-refractivity contribution is -0.169. The Morgan fingerprint density at radius 2 is 1.88 bits per heavy atom. The number of urea groups is 1. The number of nitrogens with one attached hydrogen (secondary N) is 1. The second-order valence-corrected chi connectivity index (χ2v) is 10.4. The zero-order chi connectivity index (χ0) is 23.0. The molecule has 33 heavy (non-hydrogen) atoms. The van der Waals surface area contributed by atoms with Gasteiger partial charge in [-0.1, -0.05) is 29.3 Å². The van der Waals surface area contributed by atoms with Gasteiger partial charge in [-0.3, -0.25) is 9.69 Å². The van der Waals surface area contributed by atoms with Crippen LogP contribution in [0.2, 0.25) is 5.02 Å². The summed E-state index contributed by atoms with van der Waals surface area (Å²) in [6.45, 7) is 3.42. The maximum absolute atomic E-state index is 13.1. The molecular formula is C25H26ClN3O4. The summed E-state index contributed by atoms with van der Waals surface area (Å²) >= 11 is 6.01. The van der Waals surface area contributed by atoms with E-state index in [4.69, 9.17) is 16.3 Å². The highest BCUT2D eigenvalue weighted by molar-refractivity contribution is 6.30. The SMILES string of the molecule is Cc1ccc(N2CCN(C34CC(NC(=O)[C@H]5C[C@@H](O)c6cc(Cl)ccc6O5)(C3)C4)C2=O)cc1. The number of hydrogen-bond donors (Lipinski definition) is 2. The third-order valence-electron chi connectivity index (χ3n) is 7.65. The van der Waals surface area contributed by atoms with Crippen molar-refractivity contribution in [2.45, 2.75) is 55.9 Å². The summed E-state index contributed by atoms with van der Waals surface area (Å²) in [5.74, 6) is 0.281. The number of aliphatic hydroxyl groups is 1. The molecule has 3 amide bonds. The van der Waals surface area contributed by atoms with Crippen LogP contribution < -0.4 is 15.0 Å². The average molecular weight is 468 g/mol. The molecule has 172 valence electrons. The molecule has 2 aromatic rings. The molecule has 7 rings (SSSR count). The lowest BCUT2D eigenvalue weighted by Crippen LogP contribution is -2.84. The lowest BCUT2D eigenvalue weighted by Gasteiger charge is -2.72. The number of carbonyl (C=O) groups excluding carboxylic acids is 2. The predicted molar refractivity (Wildman–Crippen MR) is 124 cm³/mol. The van der Waals surface area contributed by atoms with Gasteiger partial charge in [0, 0.05) is 41.3 Å². The fourth-order valence-corrected chi connectivity index (χ4v) is 6.20. The van der Waals surface area contributed by atoms with E-state index in [9.17, 15) is 14.7 Å². The molecule has 8 heteroatoms. The molecule has 3 saturated carbocycles. The summed E-state index contributed by atoms with van der Waals surface area (Å²) in [6.07, 6.45) is 0.945. The van der Waals surface area contributed by atoms with E-state index >= 15 is 0 Å². The Morgan fingerprint density at radius 3 is 2.61 bits per heavy atom. The molecular weight excluding hydrogens is 442 g/mol. The van der Waals surface area contributed by atoms with E-state index in [1.165, 1.54) is 5.56 Å². The number of benzene rings is 2. The quantitative estimate of drug-likeness (QED) is 0.720. The van der Waals surface area contributed by atoms with Gasteiger partial charge in [-0.05, 0) is 56.5 Å². The van der Waals surface area contributed by atoms with Crippen molar-refractivity contribution in [3.63, 3.8) is 0 Å². The molecule has 4 fully saturated rings. The standard InChI is InChI=1S/C25H26ClN3O4/c1-15-2-5-17(6-3-15)28-8-9-29(23(28)32)25-12-24(13-25,14-25)27-22(31)21-11-19(30)18-10-16(26)4-7-20(18)33-21/h2-7,10,19,21,30H,8-9,11-14H2,1H3,(H,27,31)/t19-,21-,24?,25?/m1/s1. The van der Waals surface area contributed by atoms with E-state index in [-0.39, 0.29) is 29.4 Å². The maximum Gasteiger partial charge on any atom is 0.325 e. The van der Waals surface area contributed by atoms with Crippen LogP contribution in [0.5, 0.6) is 5.75 Å². The summed E-state index contributed by atoms with van der Waals surface area (Å²) in [5, 5.41) is 14.1. The molecule has 0 unspecified atom stereocenters. The second-order valence-electron chi connectivity index (χ2n) is 9.99. The summed E-state index contributed by atoms with van der Waals surface area (Å²) in [5.41, 5.74) is 2.28. The molecule has 2 aliphatic heterocycles. The van der Waals surface area contributed by atoms with Crippen molar-refractivity contribution in [2.75, 3.05) is 18.0 Å². The number of fused-ring (bicyclic) bond motifs is 1. The molecule has 2 bridgehead atoms. The molecule has 2 aromatic carbocycles. The smallest absolute Gasteiger partial charge is 0.325 e. The van der Waals surface area contributed by atoms with Gasteiger partial charge in [0.1, 0.15) is 5.75 Å². The molecule has 5 aliphatic rings. The predicted octanol–water partition coefficient (Wildman–Crippen LogP) is 3.57. The van der Waals surface area contributed by atoms with Crippen LogP contribution in [0.3, 0.4) is 0 Å². The topological polar surface area (TPSA) is 82.1 Å². The Hall–Kier alpha value is -2.77. The largest absolute Gasteiger partial charge is 0.480 e. The van der Waals surface area contributed by atoms with Crippen LogP contribution in [0.25, 0.3) is 0 Å². The molecule has 0 radical (unpaired) electrons. The van der Waals surface area contributed by atoms with E-state index < -0.39 is 12.2 Å². The molecule has 7 nitrogen and oxygen atoms in total. The number of ether oxygens (including phenoxy) is 1. The normalized spacial score (nSPS) is 31.9. The van der Waals surface area contributed by atoms with Gasteiger partial charge in [0.15, 0.2) is 6.10 Å². The Morgan fingerprint density at radius 1 is 1.15 bits per heavy atom. The van der Waals surface area contributed by atoms with Crippen LogP contribution in [0.15, 0.2) is 42.5 Å². The van der Waals surface area contributed by atoms with E-state index in [1.807, 2.05) is 41.0 Å². The molecule has 2 heterocycles. The number of anilines is 1. The first-order valence-corrected chi connectivity index (χ1v) is 11.8.